The van der Waals surface area contributed by atoms with Crippen LogP contribution in [0, 0.1) is 0 Å². The van der Waals surface area contributed by atoms with Gasteiger partial charge in [0.05, 0.1) is 0 Å². The van der Waals surface area contributed by atoms with E-state index in [1.807, 2.05) is 0 Å². The summed E-state index contributed by atoms with van der Waals surface area (Å²) in [5.41, 5.74) is 0. The number of nitrogens with two attached hydrogens (primary N) is 1. The van der Waals surface area contributed by atoms with Crippen LogP contribution in [0.3, 0.4) is 0 Å². The Morgan fingerprint density at radius 1 is 1.67 bits per heavy atom. The van der Waals surface area contributed by atoms with E-state index in [9.17, 15) is 4.39 Å². The van der Waals surface area contributed by atoms with Crippen molar-refractivity contribution in [1.82, 2.24) is 0 Å². The summed E-state index contributed by atoms with van der Waals surface area (Å²) in [6.07, 6.45) is 0.159. The predicted octanol–water partition coefficient (Wildman–Crippen LogP) is 0.967. The maximum atomic E-state index is 13.0. The van der Waals surface area contributed by atoms with Crippen LogP contribution in [0.5, 0.6) is 0 Å². The lowest BCUT2D eigenvalue weighted by atomic mass is 10.3. The molecule has 0 amide bonds. The zero-order chi connectivity index (χ0) is 9.14. The molecule has 0 bridgehead atoms. The Kier molecular flexibility index (Phi) is 3.05. The van der Waals surface area contributed by atoms with E-state index in [2.05, 4.69) is 15.1 Å². The zero-order valence-electron chi connectivity index (χ0n) is 6.16. The second-order valence-electron chi connectivity index (χ2n) is 1.88. The normalized spacial score (nSPS) is 26.9. The Morgan fingerprint density at radius 3 is 2.83 bits per heavy atom. The lowest BCUT2D eigenvalue weighted by Crippen LogP contribution is -2.27. The smallest absolute Gasteiger partial charge is 0.214 e. The van der Waals surface area contributed by atoms with Crippen LogP contribution in [0.15, 0.2) is 15.1 Å². The van der Waals surface area contributed by atoms with Crippen LogP contribution in [0.25, 0.3) is 0 Å². The van der Waals surface area contributed by atoms with Gasteiger partial charge >= 0.3 is 0 Å². The summed E-state index contributed by atoms with van der Waals surface area (Å²) in [5, 5.41) is 3.33. The van der Waals surface area contributed by atoms with Gasteiger partial charge in [-0.15, -0.1) is 0 Å². The molecule has 1 rings (SSSR count). The number of halogens is 2. The first-order valence-corrected chi connectivity index (χ1v) is 4.58. The first kappa shape index (κ1) is 9.47. The molecule has 0 saturated heterocycles. The SMILES string of the molecule is CSC1=N/C(=N\N)C(F)C(Cl)=N1. The predicted molar refractivity (Wildman–Crippen MR) is 50.8 cm³/mol. The van der Waals surface area contributed by atoms with E-state index in [1.165, 1.54) is 11.8 Å². The van der Waals surface area contributed by atoms with E-state index in [-0.39, 0.29) is 11.0 Å². The van der Waals surface area contributed by atoms with Gasteiger partial charge in [-0.1, -0.05) is 23.4 Å². The molecule has 66 valence electrons. The van der Waals surface area contributed by atoms with Gasteiger partial charge in [0.15, 0.2) is 16.2 Å². The van der Waals surface area contributed by atoms with E-state index < -0.39 is 6.17 Å². The lowest BCUT2D eigenvalue weighted by molar-refractivity contribution is 0.514. The standard InChI is InChI=1S/C5H6ClFN4S/c1-12-5-9-3(6)2(7)4(10-5)11-8/h2H,8H2,1H3/b11-4-. The number of rotatable bonds is 0. The minimum Gasteiger partial charge on any atom is -0.321 e. The molecular formula is C5H6ClFN4S. The molecule has 0 aromatic rings. The van der Waals surface area contributed by atoms with Crippen LogP contribution in [0.1, 0.15) is 0 Å². The van der Waals surface area contributed by atoms with Gasteiger partial charge in [0, 0.05) is 0 Å². The minimum atomic E-state index is -1.59. The largest absolute Gasteiger partial charge is 0.321 e. The topological polar surface area (TPSA) is 63.1 Å². The Balaban J connectivity index is 2.98. The Hall–Kier alpha value is -0.620. The molecule has 0 saturated carbocycles. The molecular weight excluding hydrogens is 203 g/mol. The molecule has 1 unspecified atom stereocenters. The van der Waals surface area contributed by atoms with Gasteiger partial charge in [0.25, 0.3) is 0 Å². The van der Waals surface area contributed by atoms with Gasteiger partial charge in [0.1, 0.15) is 0 Å². The number of thioether (sulfide) groups is 1. The number of hydrazone groups is 1. The highest BCUT2D eigenvalue weighted by Crippen LogP contribution is 2.14. The molecule has 1 heterocycles. The number of alkyl halides is 1. The highest BCUT2D eigenvalue weighted by atomic mass is 35.5. The van der Waals surface area contributed by atoms with Gasteiger partial charge in [-0.25, -0.2) is 14.4 Å². The first-order valence-electron chi connectivity index (χ1n) is 2.97. The maximum Gasteiger partial charge on any atom is 0.214 e. The van der Waals surface area contributed by atoms with E-state index in [0.29, 0.717) is 5.17 Å². The van der Waals surface area contributed by atoms with E-state index in [4.69, 9.17) is 17.4 Å². The van der Waals surface area contributed by atoms with Crippen molar-refractivity contribution >= 4 is 39.5 Å². The van der Waals surface area contributed by atoms with Crippen molar-refractivity contribution in [1.29, 1.82) is 0 Å². The van der Waals surface area contributed by atoms with Gasteiger partial charge in [0.2, 0.25) is 6.17 Å². The molecule has 12 heavy (non-hydrogen) atoms. The van der Waals surface area contributed by atoms with E-state index in [1.54, 1.807) is 6.26 Å². The van der Waals surface area contributed by atoms with Crippen molar-refractivity contribution in [3.05, 3.63) is 0 Å². The fourth-order valence-electron chi connectivity index (χ4n) is 0.620. The highest BCUT2D eigenvalue weighted by molar-refractivity contribution is 8.13. The van der Waals surface area contributed by atoms with Crippen molar-refractivity contribution in [2.75, 3.05) is 6.26 Å². The van der Waals surface area contributed by atoms with Crippen molar-refractivity contribution < 1.29 is 4.39 Å². The molecule has 2 N–H and O–H groups in total. The fourth-order valence-corrected chi connectivity index (χ4v) is 1.22. The number of amidine groups is 2. The van der Waals surface area contributed by atoms with Gasteiger partial charge in [-0.2, -0.15) is 5.10 Å². The van der Waals surface area contributed by atoms with Crippen LogP contribution < -0.4 is 5.84 Å². The summed E-state index contributed by atoms with van der Waals surface area (Å²) < 4.78 is 13.0. The molecule has 0 aliphatic carbocycles. The maximum absolute atomic E-state index is 13.0. The van der Waals surface area contributed by atoms with Crippen molar-refractivity contribution in [2.45, 2.75) is 6.17 Å². The molecule has 0 spiro atoms. The Morgan fingerprint density at radius 2 is 2.33 bits per heavy atom. The molecule has 0 aromatic carbocycles. The van der Waals surface area contributed by atoms with E-state index >= 15 is 0 Å². The average Bonchev–Trinajstić information content (AvgIpc) is 2.09. The van der Waals surface area contributed by atoms with Crippen molar-refractivity contribution in [3.63, 3.8) is 0 Å². The molecule has 7 heteroatoms. The quantitative estimate of drug-likeness (QED) is 0.476. The second kappa shape index (κ2) is 3.86. The number of nitrogens with zero attached hydrogens (tertiary/aromatic N) is 3. The van der Waals surface area contributed by atoms with Crippen LogP contribution >= 0.6 is 23.4 Å². The molecule has 1 atom stereocenters. The van der Waals surface area contributed by atoms with Gasteiger partial charge in [-0.3, -0.25) is 0 Å². The Labute approximate surface area is 77.8 Å². The number of hydrogen-bond acceptors (Lipinski definition) is 4. The first-order chi connectivity index (χ1) is 5.69. The van der Waals surface area contributed by atoms with Gasteiger partial charge < -0.3 is 5.84 Å². The monoisotopic (exact) mass is 208 g/mol. The third-order valence-electron chi connectivity index (χ3n) is 1.16. The summed E-state index contributed by atoms with van der Waals surface area (Å²) >= 11 is 6.70. The second-order valence-corrected chi connectivity index (χ2v) is 3.04. The van der Waals surface area contributed by atoms with Gasteiger partial charge in [-0.05, 0) is 6.26 Å². The van der Waals surface area contributed by atoms with Crippen LogP contribution in [-0.4, -0.2) is 28.6 Å². The van der Waals surface area contributed by atoms with Crippen LogP contribution in [0.2, 0.25) is 0 Å². The lowest BCUT2D eigenvalue weighted by Gasteiger charge is -2.10. The van der Waals surface area contributed by atoms with E-state index in [0.717, 1.165) is 0 Å². The minimum absolute atomic E-state index is 0.139. The molecule has 1 aliphatic rings. The van der Waals surface area contributed by atoms with Crippen molar-refractivity contribution in [2.24, 2.45) is 20.9 Å². The summed E-state index contributed by atoms with van der Waals surface area (Å²) in [5.74, 6) is 4.75. The highest BCUT2D eigenvalue weighted by Gasteiger charge is 2.24. The summed E-state index contributed by atoms with van der Waals surface area (Å²) in [6, 6.07) is 0. The number of hydrogen-bond donors (Lipinski definition) is 1. The van der Waals surface area contributed by atoms with Crippen molar-refractivity contribution in [3.8, 4) is 0 Å². The Bertz CT molecular complexity index is 275. The number of aliphatic imine (C=N–C) groups is 2. The molecule has 0 radical (unpaired) electrons. The molecule has 0 fully saturated rings. The third kappa shape index (κ3) is 1.75. The summed E-state index contributed by atoms with van der Waals surface area (Å²) in [7, 11) is 0. The summed E-state index contributed by atoms with van der Waals surface area (Å²) in [4.78, 5) is 7.37. The third-order valence-corrected chi connectivity index (χ3v) is 1.99. The molecule has 1 aliphatic heterocycles. The fraction of sp³-hybridized carbons (Fsp3) is 0.400. The molecule has 4 nitrogen and oxygen atoms in total. The van der Waals surface area contributed by atoms with Crippen LogP contribution in [0.4, 0.5) is 4.39 Å². The average molecular weight is 209 g/mol. The molecule has 0 aromatic heterocycles. The van der Waals surface area contributed by atoms with Crippen LogP contribution in [-0.2, 0) is 0 Å². The summed E-state index contributed by atoms with van der Waals surface area (Å²) in [6.45, 7) is 0. The zero-order valence-corrected chi connectivity index (χ0v) is 7.73.